The maximum Gasteiger partial charge on any atom is 0.00917 e. The highest BCUT2D eigenvalue weighted by Gasteiger charge is 1.87. The Hall–Kier alpha value is -0.0100. The molecule has 2 atom stereocenters. The van der Waals surface area contributed by atoms with Crippen LogP contribution in [0.2, 0.25) is 0 Å². The van der Waals surface area contributed by atoms with E-state index in [0.717, 1.165) is 12.8 Å². The summed E-state index contributed by atoms with van der Waals surface area (Å²) < 4.78 is 0. The molecule has 0 aliphatic carbocycles. The lowest BCUT2D eigenvalue weighted by Crippen LogP contribution is -1.85. The number of hydrogen-bond donors (Lipinski definition) is 0. The average molecular weight is 114 g/mol. The van der Waals surface area contributed by atoms with Crippen LogP contribution >= 0.6 is 9.24 Å². The Morgan fingerprint density at radius 2 is 2.43 bits per heavy atom. The third-order valence-electron chi connectivity index (χ3n) is 0.744. The van der Waals surface area contributed by atoms with Crippen LogP contribution in [0.1, 0.15) is 19.8 Å². The zero-order chi connectivity index (χ0) is 5.70. The fourth-order valence-corrected chi connectivity index (χ4v) is 0.478. The lowest BCUT2D eigenvalue weighted by molar-refractivity contribution is 0.847. The van der Waals surface area contributed by atoms with Crippen molar-refractivity contribution in [2.75, 3.05) is 0 Å². The van der Waals surface area contributed by atoms with E-state index in [1.165, 1.54) is 0 Å². The molecule has 0 rings (SSSR count). The van der Waals surface area contributed by atoms with Crippen LogP contribution in [0.3, 0.4) is 0 Å². The van der Waals surface area contributed by atoms with Crippen molar-refractivity contribution in [1.82, 2.24) is 0 Å². The predicted molar refractivity (Wildman–Crippen MR) is 37.2 cm³/mol. The zero-order valence-electron chi connectivity index (χ0n) is 4.65. The maximum atomic E-state index is 5.02. The summed E-state index contributed by atoms with van der Waals surface area (Å²) in [5, 5.41) is 0. The van der Waals surface area contributed by atoms with Crippen LogP contribution < -0.4 is 0 Å². The molecule has 0 saturated carbocycles. The van der Waals surface area contributed by atoms with Crippen LogP contribution in [0.25, 0.3) is 0 Å². The van der Waals surface area contributed by atoms with E-state index in [0.29, 0.717) is 5.66 Å². The van der Waals surface area contributed by atoms with E-state index in [4.69, 9.17) is 6.42 Å². The third kappa shape index (κ3) is 5.99. The first-order valence-electron chi connectivity index (χ1n) is 2.46. The summed E-state index contributed by atoms with van der Waals surface area (Å²) in [5.41, 5.74) is 0.677. The van der Waals surface area contributed by atoms with E-state index in [-0.39, 0.29) is 0 Å². The number of rotatable bonds is 2. The monoisotopic (exact) mass is 114 g/mol. The van der Waals surface area contributed by atoms with Gasteiger partial charge in [-0.15, -0.1) is 21.6 Å². The van der Waals surface area contributed by atoms with Crippen molar-refractivity contribution in [3.8, 4) is 12.3 Å². The predicted octanol–water partition coefficient (Wildman–Crippen LogP) is 1.66. The molecule has 0 aromatic rings. The molecule has 0 aliphatic heterocycles. The first kappa shape index (κ1) is 6.99. The van der Waals surface area contributed by atoms with Crippen molar-refractivity contribution in [3.05, 3.63) is 0 Å². The first-order chi connectivity index (χ1) is 3.27. The molecule has 0 aromatic heterocycles. The van der Waals surface area contributed by atoms with Gasteiger partial charge in [-0.3, -0.25) is 0 Å². The van der Waals surface area contributed by atoms with Gasteiger partial charge in [0.05, 0.1) is 0 Å². The Morgan fingerprint density at radius 1 is 1.86 bits per heavy atom. The molecule has 0 nitrogen and oxygen atoms in total. The van der Waals surface area contributed by atoms with Crippen molar-refractivity contribution >= 4 is 9.24 Å². The normalized spacial score (nSPS) is 12.7. The van der Waals surface area contributed by atoms with Crippen LogP contribution in [0.5, 0.6) is 0 Å². The van der Waals surface area contributed by atoms with Crippen molar-refractivity contribution in [2.45, 2.75) is 25.4 Å². The summed E-state index contributed by atoms with van der Waals surface area (Å²) in [7, 11) is 2.71. The molecule has 0 saturated heterocycles. The van der Waals surface area contributed by atoms with Gasteiger partial charge in [-0.25, -0.2) is 0 Å². The summed E-state index contributed by atoms with van der Waals surface area (Å²) in [5.74, 6) is 2.59. The van der Waals surface area contributed by atoms with Crippen LogP contribution in [-0.2, 0) is 0 Å². The molecule has 0 spiro atoms. The molecule has 0 heterocycles. The fourth-order valence-electron chi connectivity index (χ4n) is 0.311. The van der Waals surface area contributed by atoms with Gasteiger partial charge in [0.25, 0.3) is 0 Å². The van der Waals surface area contributed by atoms with Crippen molar-refractivity contribution < 1.29 is 0 Å². The summed E-state index contributed by atoms with van der Waals surface area (Å²) in [6, 6.07) is 0. The van der Waals surface area contributed by atoms with Crippen molar-refractivity contribution in [3.63, 3.8) is 0 Å². The second-order valence-corrected chi connectivity index (χ2v) is 2.86. The Kier molecular flexibility index (Phi) is 4.15. The summed E-state index contributed by atoms with van der Waals surface area (Å²) in [6.07, 6.45) is 7.05. The molecule has 0 aromatic carbocycles. The lowest BCUT2D eigenvalue weighted by Gasteiger charge is -1.95. The van der Waals surface area contributed by atoms with Gasteiger partial charge in [-0.2, -0.15) is 0 Å². The van der Waals surface area contributed by atoms with Gasteiger partial charge in [-0.1, -0.05) is 6.92 Å². The topological polar surface area (TPSA) is 0 Å². The first-order valence-corrected chi connectivity index (χ1v) is 3.13. The molecule has 0 aliphatic rings. The highest BCUT2D eigenvalue weighted by Crippen LogP contribution is 2.04. The van der Waals surface area contributed by atoms with E-state index in [2.05, 4.69) is 22.1 Å². The van der Waals surface area contributed by atoms with Gasteiger partial charge in [0.2, 0.25) is 0 Å². The highest BCUT2D eigenvalue weighted by molar-refractivity contribution is 7.17. The minimum Gasteiger partial charge on any atom is -0.135 e. The van der Waals surface area contributed by atoms with Crippen LogP contribution in [0.4, 0.5) is 0 Å². The van der Waals surface area contributed by atoms with Gasteiger partial charge in [0.1, 0.15) is 0 Å². The van der Waals surface area contributed by atoms with Crippen LogP contribution in [0.15, 0.2) is 0 Å². The third-order valence-corrected chi connectivity index (χ3v) is 1.08. The van der Waals surface area contributed by atoms with E-state index < -0.39 is 0 Å². The van der Waals surface area contributed by atoms with E-state index in [9.17, 15) is 0 Å². The lowest BCUT2D eigenvalue weighted by atomic mass is 10.3. The number of hydrogen-bond acceptors (Lipinski definition) is 0. The second kappa shape index (κ2) is 4.16. The van der Waals surface area contributed by atoms with Gasteiger partial charge < -0.3 is 0 Å². The minimum atomic E-state index is 0.677. The minimum absolute atomic E-state index is 0.677. The Labute approximate surface area is 47.9 Å². The molecule has 0 radical (unpaired) electrons. The molecule has 40 valence electrons. The Balaban J connectivity index is 2.86. The largest absolute Gasteiger partial charge is 0.135 e. The molecular formula is C6H11P. The van der Waals surface area contributed by atoms with Gasteiger partial charge in [0, 0.05) is 6.42 Å². The highest BCUT2D eigenvalue weighted by atomic mass is 31.0. The smallest absolute Gasteiger partial charge is 0.00917 e. The van der Waals surface area contributed by atoms with E-state index in [1.54, 1.807) is 0 Å². The maximum absolute atomic E-state index is 5.02. The zero-order valence-corrected chi connectivity index (χ0v) is 5.80. The molecule has 0 N–H and O–H groups in total. The number of terminal acetylenes is 1. The molecule has 0 fully saturated rings. The Bertz CT molecular complexity index is 68.7. The van der Waals surface area contributed by atoms with Gasteiger partial charge >= 0.3 is 0 Å². The molecule has 2 unspecified atom stereocenters. The van der Waals surface area contributed by atoms with Crippen LogP contribution in [-0.4, -0.2) is 5.66 Å². The van der Waals surface area contributed by atoms with Gasteiger partial charge in [-0.05, 0) is 12.1 Å². The van der Waals surface area contributed by atoms with Crippen LogP contribution in [0, 0.1) is 12.3 Å². The SMILES string of the molecule is C#CCCC(C)P. The molecule has 7 heavy (non-hydrogen) atoms. The molecule has 1 heteroatoms. The van der Waals surface area contributed by atoms with E-state index >= 15 is 0 Å². The average Bonchev–Trinajstić information content (AvgIpc) is 1.61. The standard InChI is InChI=1S/C6H11P/c1-3-4-5-6(2)7/h1,6H,4-5,7H2,2H3. The molecule has 0 bridgehead atoms. The van der Waals surface area contributed by atoms with Crippen molar-refractivity contribution in [1.29, 1.82) is 0 Å². The van der Waals surface area contributed by atoms with E-state index in [1.807, 2.05) is 0 Å². The Morgan fingerprint density at radius 3 is 2.57 bits per heavy atom. The fraction of sp³-hybridized carbons (Fsp3) is 0.667. The van der Waals surface area contributed by atoms with Crippen molar-refractivity contribution in [2.24, 2.45) is 0 Å². The summed E-state index contributed by atoms with van der Waals surface area (Å²) in [6.45, 7) is 2.14. The second-order valence-electron chi connectivity index (χ2n) is 1.72. The summed E-state index contributed by atoms with van der Waals surface area (Å²) >= 11 is 0. The quantitative estimate of drug-likeness (QED) is 0.378. The van der Waals surface area contributed by atoms with Gasteiger partial charge in [0.15, 0.2) is 0 Å². The molecular weight excluding hydrogens is 103 g/mol. The summed E-state index contributed by atoms with van der Waals surface area (Å²) in [4.78, 5) is 0. The molecule has 0 amide bonds.